The monoisotopic (exact) mass is 576 g/mol. The molecule has 226 valence electrons. The second-order valence-corrected chi connectivity index (χ2v) is 13.0. The van der Waals surface area contributed by atoms with Crippen molar-refractivity contribution in [3.63, 3.8) is 0 Å². The van der Waals surface area contributed by atoms with Crippen LogP contribution in [-0.4, -0.2) is 67.7 Å². The van der Waals surface area contributed by atoms with Gasteiger partial charge in [0.25, 0.3) is 0 Å². The number of carbonyl (C=O) groups is 1. The van der Waals surface area contributed by atoms with Gasteiger partial charge in [0, 0.05) is 49.6 Å². The van der Waals surface area contributed by atoms with E-state index in [0.29, 0.717) is 43.3 Å². The van der Waals surface area contributed by atoms with Crippen LogP contribution in [-0.2, 0) is 23.6 Å². The van der Waals surface area contributed by atoms with Gasteiger partial charge in [0.05, 0.1) is 37.5 Å². The van der Waals surface area contributed by atoms with Crippen molar-refractivity contribution in [1.29, 1.82) is 0 Å². The third-order valence-electron chi connectivity index (χ3n) is 7.92. The zero-order valence-corrected chi connectivity index (χ0v) is 25.7. The summed E-state index contributed by atoms with van der Waals surface area (Å²) >= 11 is 0. The molecule has 1 N–H and O–H groups in total. The minimum atomic E-state index is -0.126. The number of ether oxygens (including phenoxy) is 2. The second-order valence-electron chi connectivity index (χ2n) is 13.0. The van der Waals surface area contributed by atoms with E-state index in [9.17, 15) is 4.79 Å². The van der Waals surface area contributed by atoms with Crippen molar-refractivity contribution in [2.75, 3.05) is 24.7 Å². The maximum absolute atomic E-state index is 13.4. The van der Waals surface area contributed by atoms with Crippen molar-refractivity contribution < 1.29 is 14.3 Å². The van der Waals surface area contributed by atoms with E-state index in [2.05, 4.69) is 55.0 Å². The van der Waals surface area contributed by atoms with Crippen LogP contribution in [0.25, 0.3) is 11.3 Å². The van der Waals surface area contributed by atoms with Crippen molar-refractivity contribution in [3.05, 3.63) is 42.4 Å². The van der Waals surface area contributed by atoms with E-state index >= 15 is 0 Å². The Morgan fingerprint density at radius 3 is 2.43 bits per heavy atom. The largest absolute Gasteiger partial charge is 0.469 e. The fraction of sp³-hybridized carbons (Fsp3) is 0.613. The Morgan fingerprint density at radius 2 is 1.86 bits per heavy atom. The molecule has 3 aromatic heterocycles. The number of hydrogen-bond acceptors (Lipinski definition) is 8. The molecule has 0 atom stereocenters. The Kier molecular flexibility index (Phi) is 9.05. The lowest BCUT2D eigenvalue weighted by Crippen LogP contribution is -2.49. The normalized spacial score (nSPS) is 19.4. The van der Waals surface area contributed by atoms with E-state index in [1.807, 2.05) is 19.4 Å². The molecule has 1 saturated heterocycles. The van der Waals surface area contributed by atoms with E-state index in [1.165, 1.54) is 0 Å². The van der Waals surface area contributed by atoms with E-state index in [1.54, 1.807) is 28.2 Å². The summed E-state index contributed by atoms with van der Waals surface area (Å²) in [5.41, 5.74) is 2.51. The molecule has 0 radical (unpaired) electrons. The molecule has 3 aromatic rings. The van der Waals surface area contributed by atoms with Gasteiger partial charge < -0.3 is 14.8 Å². The van der Waals surface area contributed by atoms with Crippen LogP contribution >= 0.6 is 0 Å². The first-order valence-corrected chi connectivity index (χ1v) is 15.1. The lowest BCUT2D eigenvalue weighted by molar-refractivity contribution is -0.0820. The molecule has 1 aliphatic carbocycles. The molecule has 2 fully saturated rings. The van der Waals surface area contributed by atoms with E-state index in [-0.39, 0.29) is 23.6 Å². The minimum absolute atomic E-state index is 0.0358. The molecule has 11 nitrogen and oxygen atoms in total. The summed E-state index contributed by atoms with van der Waals surface area (Å²) in [6.45, 7) is 12.4. The molecule has 1 aliphatic heterocycles. The van der Waals surface area contributed by atoms with Crippen LogP contribution < -0.4 is 15.0 Å². The second kappa shape index (κ2) is 12.7. The number of aryl methyl sites for hydroxylation is 1. The maximum atomic E-state index is 13.4. The Bertz CT molecular complexity index is 1340. The molecule has 0 bridgehead atoms. The Balaban J connectivity index is 1.27. The van der Waals surface area contributed by atoms with Gasteiger partial charge in [0.1, 0.15) is 11.9 Å². The average Bonchev–Trinajstić information content (AvgIpc) is 3.37. The smallest absolute Gasteiger partial charge is 0.323 e. The fourth-order valence-corrected chi connectivity index (χ4v) is 5.39. The standard InChI is InChI=1S/C31H44N8O3/c1-20(2)12-35-30(40)39(28-16-32-26(15-34-28)22-13-36-38(6)17-22)23-9-7-21(8-10-23)11-27-33-14-25(31(3,4)5)29(37-27)42-24-18-41-19-24/h13-17,20-21,23-24H,7-12,18-19H2,1-6H3,(H,35,40). The molecule has 0 spiro atoms. The van der Waals surface area contributed by atoms with Gasteiger partial charge in [0.15, 0.2) is 5.82 Å². The summed E-state index contributed by atoms with van der Waals surface area (Å²) in [5, 5.41) is 7.31. The molecule has 2 aliphatic rings. The minimum Gasteiger partial charge on any atom is -0.469 e. The number of nitrogens with zero attached hydrogens (tertiary/aromatic N) is 7. The molecule has 5 rings (SSSR count). The van der Waals surface area contributed by atoms with Gasteiger partial charge in [-0.25, -0.2) is 14.8 Å². The topological polar surface area (TPSA) is 120 Å². The first-order valence-electron chi connectivity index (χ1n) is 15.1. The summed E-state index contributed by atoms with van der Waals surface area (Å²) in [6.07, 6.45) is 13.5. The van der Waals surface area contributed by atoms with Gasteiger partial charge in [0.2, 0.25) is 5.88 Å². The molecule has 1 saturated carbocycles. The van der Waals surface area contributed by atoms with Crippen LogP contribution in [0.1, 0.15) is 71.7 Å². The molecule has 11 heteroatoms. The van der Waals surface area contributed by atoms with Crippen LogP contribution in [0.5, 0.6) is 5.88 Å². The van der Waals surface area contributed by atoms with Gasteiger partial charge in [-0.05, 0) is 42.9 Å². The number of nitrogens with one attached hydrogen (secondary N) is 1. The van der Waals surface area contributed by atoms with Crippen molar-refractivity contribution in [2.45, 2.75) is 84.3 Å². The first-order chi connectivity index (χ1) is 20.1. The lowest BCUT2D eigenvalue weighted by Gasteiger charge is -2.36. The summed E-state index contributed by atoms with van der Waals surface area (Å²) in [7, 11) is 1.87. The summed E-state index contributed by atoms with van der Waals surface area (Å²) in [4.78, 5) is 34.1. The summed E-state index contributed by atoms with van der Waals surface area (Å²) in [5.74, 6) is 2.83. The van der Waals surface area contributed by atoms with Crippen LogP contribution in [0.3, 0.4) is 0 Å². The fourth-order valence-electron chi connectivity index (χ4n) is 5.39. The number of hydrogen-bond donors (Lipinski definition) is 1. The molecule has 2 amide bonds. The van der Waals surface area contributed by atoms with Gasteiger partial charge >= 0.3 is 6.03 Å². The molecular weight excluding hydrogens is 532 g/mol. The number of rotatable bonds is 9. The molecule has 0 aromatic carbocycles. The Hall–Kier alpha value is -3.60. The highest BCUT2D eigenvalue weighted by atomic mass is 16.6. The van der Waals surface area contributed by atoms with Gasteiger partial charge in [-0.2, -0.15) is 10.1 Å². The first kappa shape index (κ1) is 29.9. The zero-order valence-electron chi connectivity index (χ0n) is 25.7. The summed E-state index contributed by atoms with van der Waals surface area (Å²) < 4.78 is 13.2. The zero-order chi connectivity index (χ0) is 29.9. The molecule has 0 unspecified atom stereocenters. The van der Waals surface area contributed by atoms with Gasteiger partial charge in [-0.1, -0.05) is 34.6 Å². The number of anilines is 1. The highest BCUT2D eigenvalue weighted by Gasteiger charge is 2.32. The third kappa shape index (κ3) is 7.24. The van der Waals surface area contributed by atoms with Crippen molar-refractivity contribution in [1.82, 2.24) is 35.0 Å². The van der Waals surface area contributed by atoms with Gasteiger partial charge in [-0.15, -0.1) is 0 Å². The predicted molar refractivity (Wildman–Crippen MR) is 160 cm³/mol. The number of aromatic nitrogens is 6. The third-order valence-corrected chi connectivity index (χ3v) is 7.92. The van der Waals surface area contributed by atoms with Crippen LogP contribution in [0.15, 0.2) is 31.0 Å². The number of amides is 2. The lowest BCUT2D eigenvalue weighted by atomic mass is 9.83. The predicted octanol–water partition coefficient (Wildman–Crippen LogP) is 4.72. The quantitative estimate of drug-likeness (QED) is 0.389. The van der Waals surface area contributed by atoms with Crippen LogP contribution in [0, 0.1) is 11.8 Å². The molecule has 4 heterocycles. The van der Waals surface area contributed by atoms with Crippen LogP contribution in [0.2, 0.25) is 0 Å². The average molecular weight is 577 g/mol. The number of urea groups is 1. The summed E-state index contributed by atoms with van der Waals surface area (Å²) in [6, 6.07) is -0.0907. The van der Waals surface area contributed by atoms with E-state index in [0.717, 1.165) is 54.7 Å². The van der Waals surface area contributed by atoms with Crippen molar-refractivity contribution >= 4 is 11.8 Å². The highest BCUT2D eigenvalue weighted by molar-refractivity contribution is 5.91. The van der Waals surface area contributed by atoms with E-state index < -0.39 is 0 Å². The van der Waals surface area contributed by atoms with Gasteiger partial charge in [-0.3, -0.25) is 14.6 Å². The Labute approximate surface area is 248 Å². The highest BCUT2D eigenvalue weighted by Crippen LogP contribution is 2.34. The Morgan fingerprint density at radius 1 is 1.10 bits per heavy atom. The van der Waals surface area contributed by atoms with Crippen LogP contribution in [0.4, 0.5) is 10.6 Å². The van der Waals surface area contributed by atoms with E-state index in [4.69, 9.17) is 19.4 Å². The molecule has 42 heavy (non-hydrogen) atoms. The van der Waals surface area contributed by atoms with Crippen molar-refractivity contribution in [3.8, 4) is 17.1 Å². The number of carbonyl (C=O) groups excluding carboxylic acids is 1. The van der Waals surface area contributed by atoms with Crippen molar-refractivity contribution in [2.24, 2.45) is 18.9 Å². The molecular formula is C31H44N8O3. The maximum Gasteiger partial charge on any atom is 0.323 e. The SMILES string of the molecule is CC(C)CNC(=O)N(c1cnc(-c2cnn(C)c2)cn1)C1CCC(Cc2ncc(C(C)(C)C)c(OC3COC3)n2)CC1.